The molecule has 0 radical (unpaired) electrons. The van der Waals surface area contributed by atoms with Crippen LogP contribution in [0, 0.1) is 11.8 Å². The van der Waals surface area contributed by atoms with E-state index in [9.17, 15) is 0 Å². The molecule has 0 aromatic carbocycles. The van der Waals surface area contributed by atoms with Crippen LogP contribution >= 0.6 is 27.3 Å². The van der Waals surface area contributed by atoms with Gasteiger partial charge in [0.15, 0.2) is 0 Å². The Bertz CT molecular complexity index is 338. The van der Waals surface area contributed by atoms with Gasteiger partial charge >= 0.3 is 0 Å². The molecule has 3 heteroatoms. The molecular formula is C14H24BrNS. The van der Waals surface area contributed by atoms with E-state index >= 15 is 0 Å². The largest absolute Gasteiger partial charge is 0.312 e. The van der Waals surface area contributed by atoms with E-state index in [0.717, 1.165) is 6.54 Å². The van der Waals surface area contributed by atoms with E-state index in [1.807, 2.05) is 11.3 Å². The third-order valence-electron chi connectivity index (χ3n) is 2.92. The van der Waals surface area contributed by atoms with Crippen molar-refractivity contribution >= 4 is 27.3 Å². The monoisotopic (exact) mass is 317 g/mol. The summed E-state index contributed by atoms with van der Waals surface area (Å²) in [4.78, 5) is 1.48. The molecule has 98 valence electrons. The lowest BCUT2D eigenvalue weighted by Gasteiger charge is -2.27. The van der Waals surface area contributed by atoms with Crippen LogP contribution in [-0.4, -0.2) is 12.1 Å². The normalized spacial score (nSPS) is 14.3. The number of rotatable bonds is 5. The first-order chi connectivity index (χ1) is 7.78. The third-order valence-corrected chi connectivity index (χ3v) is 4.64. The van der Waals surface area contributed by atoms with Gasteiger partial charge in [-0.3, -0.25) is 0 Å². The van der Waals surface area contributed by atoms with Gasteiger partial charge in [0.1, 0.15) is 0 Å². The molecule has 0 saturated carbocycles. The lowest BCUT2D eigenvalue weighted by molar-refractivity contribution is 0.313. The van der Waals surface area contributed by atoms with Crippen molar-refractivity contribution in [3.05, 3.63) is 20.8 Å². The summed E-state index contributed by atoms with van der Waals surface area (Å²) in [5, 5.41) is 5.79. The van der Waals surface area contributed by atoms with Crippen LogP contribution in [0.15, 0.2) is 15.9 Å². The molecule has 1 nitrogen and oxygen atoms in total. The number of hydrogen-bond donors (Lipinski definition) is 1. The zero-order valence-electron chi connectivity index (χ0n) is 11.5. The summed E-state index contributed by atoms with van der Waals surface area (Å²) < 4.78 is 1.21. The SMILES string of the molecule is CC(C)C(CNC(C)(C)C)Cc1cc(Br)cs1. The Labute approximate surface area is 118 Å². The molecule has 0 aliphatic heterocycles. The minimum absolute atomic E-state index is 0.211. The van der Waals surface area contributed by atoms with E-state index < -0.39 is 0 Å². The fourth-order valence-corrected chi connectivity index (χ4v) is 3.25. The summed E-state index contributed by atoms with van der Waals surface area (Å²) in [6.07, 6.45) is 1.18. The molecule has 1 N–H and O–H groups in total. The molecule has 17 heavy (non-hydrogen) atoms. The summed E-state index contributed by atoms with van der Waals surface area (Å²) in [6.45, 7) is 12.4. The fraction of sp³-hybridized carbons (Fsp3) is 0.714. The molecule has 0 amide bonds. The molecular weight excluding hydrogens is 294 g/mol. The predicted octanol–water partition coefficient (Wildman–Crippen LogP) is 4.71. The summed E-state index contributed by atoms with van der Waals surface area (Å²) in [6, 6.07) is 2.25. The lowest BCUT2D eigenvalue weighted by Crippen LogP contribution is -2.40. The molecule has 0 fully saturated rings. The smallest absolute Gasteiger partial charge is 0.0285 e. The van der Waals surface area contributed by atoms with Crippen molar-refractivity contribution in [1.82, 2.24) is 5.32 Å². The average Bonchev–Trinajstić information content (AvgIpc) is 2.56. The first-order valence-corrected chi connectivity index (χ1v) is 7.93. The standard InChI is InChI=1S/C14H24BrNS/c1-10(2)11(8-16-14(3,4)5)6-13-7-12(15)9-17-13/h7,9-11,16H,6,8H2,1-5H3. The Morgan fingerprint density at radius 2 is 2.00 bits per heavy atom. The second-order valence-corrected chi connectivity index (χ2v) is 7.98. The van der Waals surface area contributed by atoms with Crippen LogP contribution in [0.1, 0.15) is 39.5 Å². The predicted molar refractivity (Wildman–Crippen MR) is 81.8 cm³/mol. The van der Waals surface area contributed by atoms with Gasteiger partial charge < -0.3 is 5.32 Å². The molecule has 1 heterocycles. The van der Waals surface area contributed by atoms with Gasteiger partial charge in [-0.05, 0) is 67.6 Å². The molecule has 0 aliphatic carbocycles. The molecule has 0 aliphatic rings. The van der Waals surface area contributed by atoms with Gasteiger partial charge in [-0.25, -0.2) is 0 Å². The van der Waals surface area contributed by atoms with Gasteiger partial charge in [-0.1, -0.05) is 13.8 Å². The third kappa shape index (κ3) is 6.03. The van der Waals surface area contributed by atoms with E-state index in [0.29, 0.717) is 11.8 Å². The van der Waals surface area contributed by atoms with Crippen LogP contribution in [0.4, 0.5) is 0 Å². The van der Waals surface area contributed by atoms with Crippen LogP contribution in [0.25, 0.3) is 0 Å². The highest BCUT2D eigenvalue weighted by atomic mass is 79.9. The van der Waals surface area contributed by atoms with E-state index in [4.69, 9.17) is 0 Å². The van der Waals surface area contributed by atoms with E-state index in [1.165, 1.54) is 15.8 Å². The van der Waals surface area contributed by atoms with Crippen molar-refractivity contribution in [3.8, 4) is 0 Å². The lowest BCUT2D eigenvalue weighted by atomic mass is 9.91. The molecule has 0 spiro atoms. The molecule has 1 rings (SSSR count). The van der Waals surface area contributed by atoms with Gasteiger partial charge in [0.25, 0.3) is 0 Å². The van der Waals surface area contributed by atoms with Crippen LogP contribution < -0.4 is 5.32 Å². The quantitative estimate of drug-likeness (QED) is 0.829. The molecule has 1 aromatic rings. The molecule has 1 unspecified atom stereocenters. The van der Waals surface area contributed by atoms with Crippen molar-refractivity contribution in [1.29, 1.82) is 0 Å². The molecule has 1 aromatic heterocycles. The van der Waals surface area contributed by atoms with E-state index in [2.05, 4.69) is 67.3 Å². The second kappa shape index (κ2) is 6.35. The number of thiophene rings is 1. The Morgan fingerprint density at radius 1 is 1.35 bits per heavy atom. The van der Waals surface area contributed by atoms with Crippen LogP contribution in [0.3, 0.4) is 0 Å². The Hall–Kier alpha value is 0.140. The highest BCUT2D eigenvalue weighted by Crippen LogP contribution is 2.25. The van der Waals surface area contributed by atoms with Crippen molar-refractivity contribution in [2.24, 2.45) is 11.8 Å². The summed E-state index contributed by atoms with van der Waals surface area (Å²) >= 11 is 5.38. The topological polar surface area (TPSA) is 12.0 Å². The highest BCUT2D eigenvalue weighted by Gasteiger charge is 2.18. The van der Waals surface area contributed by atoms with Gasteiger partial charge in [0.05, 0.1) is 0 Å². The maximum absolute atomic E-state index is 3.62. The second-order valence-electron chi connectivity index (χ2n) is 6.07. The van der Waals surface area contributed by atoms with Crippen molar-refractivity contribution < 1.29 is 0 Å². The summed E-state index contributed by atoms with van der Waals surface area (Å²) in [5.74, 6) is 1.42. The van der Waals surface area contributed by atoms with Gasteiger partial charge in [-0.15, -0.1) is 11.3 Å². The Balaban J connectivity index is 2.55. The Kier molecular flexibility index (Phi) is 5.68. The first-order valence-electron chi connectivity index (χ1n) is 6.26. The minimum Gasteiger partial charge on any atom is -0.312 e. The summed E-state index contributed by atoms with van der Waals surface area (Å²) in [5.41, 5.74) is 0.211. The van der Waals surface area contributed by atoms with Crippen LogP contribution in [0.5, 0.6) is 0 Å². The number of hydrogen-bond acceptors (Lipinski definition) is 2. The van der Waals surface area contributed by atoms with E-state index in [-0.39, 0.29) is 5.54 Å². The molecule has 0 bridgehead atoms. The van der Waals surface area contributed by atoms with Crippen molar-refractivity contribution in [2.45, 2.75) is 46.6 Å². The Morgan fingerprint density at radius 3 is 2.41 bits per heavy atom. The molecule has 0 saturated heterocycles. The van der Waals surface area contributed by atoms with Crippen LogP contribution in [0.2, 0.25) is 0 Å². The maximum Gasteiger partial charge on any atom is 0.0285 e. The van der Waals surface area contributed by atoms with Crippen LogP contribution in [-0.2, 0) is 6.42 Å². The zero-order chi connectivity index (χ0) is 13.1. The number of nitrogens with one attached hydrogen (secondary N) is 1. The average molecular weight is 318 g/mol. The minimum atomic E-state index is 0.211. The van der Waals surface area contributed by atoms with Gasteiger partial charge in [0.2, 0.25) is 0 Å². The van der Waals surface area contributed by atoms with Gasteiger partial charge in [0, 0.05) is 20.3 Å². The number of halogens is 1. The molecule has 1 atom stereocenters. The zero-order valence-corrected chi connectivity index (χ0v) is 13.9. The van der Waals surface area contributed by atoms with Crippen molar-refractivity contribution in [3.63, 3.8) is 0 Å². The van der Waals surface area contributed by atoms with Crippen molar-refractivity contribution in [2.75, 3.05) is 6.54 Å². The first kappa shape index (κ1) is 15.2. The highest BCUT2D eigenvalue weighted by molar-refractivity contribution is 9.10. The maximum atomic E-state index is 3.62. The fourth-order valence-electron chi connectivity index (χ4n) is 1.70. The van der Waals surface area contributed by atoms with Gasteiger partial charge in [-0.2, -0.15) is 0 Å². The van der Waals surface area contributed by atoms with E-state index in [1.54, 1.807) is 0 Å². The summed E-state index contributed by atoms with van der Waals surface area (Å²) in [7, 11) is 0.